The molecule has 0 bridgehead atoms. The van der Waals surface area contributed by atoms with Crippen molar-refractivity contribution < 1.29 is 18.1 Å². The Morgan fingerprint density at radius 1 is 1.14 bits per heavy atom. The van der Waals surface area contributed by atoms with E-state index in [9.17, 15) is 8.78 Å². The molecule has 82 valence electrons. The van der Waals surface area contributed by atoms with Crippen LogP contribution in [0.3, 0.4) is 0 Å². The molecule has 1 aliphatic rings. The van der Waals surface area contributed by atoms with Gasteiger partial charge in [0.05, 0.1) is 5.82 Å². The third kappa shape index (κ3) is 2.67. The van der Waals surface area contributed by atoms with Crippen molar-refractivity contribution >= 4 is 23.0 Å². The minimum atomic E-state index is -1.21. The smallest absolute Gasteiger partial charge is 0.414 e. The molecule has 0 amide bonds. The van der Waals surface area contributed by atoms with E-state index in [-0.39, 0.29) is 4.83 Å². The average molecular weight is 271 g/mol. The van der Waals surface area contributed by atoms with Crippen molar-refractivity contribution in [1.82, 2.24) is 0 Å². The molecule has 0 aromatic carbocycles. The van der Waals surface area contributed by atoms with Crippen molar-refractivity contribution in [2.45, 2.75) is 35.8 Å². The van der Waals surface area contributed by atoms with Gasteiger partial charge in [-0.1, -0.05) is 15.9 Å². The van der Waals surface area contributed by atoms with Crippen LogP contribution in [0.4, 0.5) is 8.78 Å². The third-order valence-electron chi connectivity index (χ3n) is 2.58. The average Bonchev–Trinajstić information content (AvgIpc) is 2.10. The van der Waals surface area contributed by atoms with E-state index in [1.54, 1.807) is 0 Å². The van der Waals surface area contributed by atoms with E-state index in [0.717, 1.165) is 0 Å². The summed E-state index contributed by atoms with van der Waals surface area (Å²) >= 11 is 3.23. The maximum atomic E-state index is 13.5. The summed E-state index contributed by atoms with van der Waals surface area (Å²) in [4.78, 5) is -0.0851. The van der Waals surface area contributed by atoms with Crippen LogP contribution < -0.4 is 0 Å². The van der Waals surface area contributed by atoms with Crippen LogP contribution in [0.2, 0.25) is 5.82 Å². The van der Waals surface area contributed by atoms with Crippen LogP contribution in [0, 0.1) is 0 Å². The Morgan fingerprint density at radius 3 is 1.93 bits per heavy atom. The summed E-state index contributed by atoms with van der Waals surface area (Å²) in [6.45, 7) is 0. The Kier molecular flexibility index (Phi) is 4.80. The molecule has 0 aromatic heterocycles. The highest BCUT2D eigenvalue weighted by Gasteiger charge is 2.46. The molecule has 0 saturated heterocycles. The topological polar surface area (TPSA) is 18.5 Å². The Balaban J connectivity index is 2.65. The first-order valence-electron chi connectivity index (χ1n) is 4.58. The zero-order valence-corrected chi connectivity index (χ0v) is 9.84. The lowest BCUT2D eigenvalue weighted by molar-refractivity contribution is 0.128. The SMILES string of the molecule is COB(OC)C1C(F)CC(Br)CC1F. The molecule has 0 radical (unpaired) electrons. The summed E-state index contributed by atoms with van der Waals surface area (Å²) in [7, 11) is 2.00. The van der Waals surface area contributed by atoms with Gasteiger partial charge in [-0.2, -0.15) is 0 Å². The summed E-state index contributed by atoms with van der Waals surface area (Å²) < 4.78 is 36.9. The quantitative estimate of drug-likeness (QED) is 0.579. The fraction of sp³-hybridized carbons (Fsp3) is 1.00. The molecule has 2 atom stereocenters. The van der Waals surface area contributed by atoms with Crippen LogP contribution in [0.5, 0.6) is 0 Å². The van der Waals surface area contributed by atoms with Gasteiger partial charge in [-0.25, -0.2) is 8.78 Å². The second kappa shape index (κ2) is 5.42. The van der Waals surface area contributed by atoms with Crippen LogP contribution in [0.15, 0.2) is 0 Å². The minimum absolute atomic E-state index is 0.0851. The molecule has 1 aliphatic carbocycles. The van der Waals surface area contributed by atoms with Crippen LogP contribution >= 0.6 is 15.9 Å². The molecule has 14 heavy (non-hydrogen) atoms. The zero-order valence-electron chi connectivity index (χ0n) is 8.25. The van der Waals surface area contributed by atoms with Crippen molar-refractivity contribution in [3.63, 3.8) is 0 Å². The largest absolute Gasteiger partial charge is 0.465 e. The summed E-state index contributed by atoms with van der Waals surface area (Å²) in [5.74, 6) is -0.807. The zero-order chi connectivity index (χ0) is 10.7. The van der Waals surface area contributed by atoms with Crippen LogP contribution in [0.1, 0.15) is 12.8 Å². The predicted molar refractivity (Wildman–Crippen MR) is 55.3 cm³/mol. The van der Waals surface area contributed by atoms with Crippen LogP contribution in [0.25, 0.3) is 0 Å². The Hall–Kier alpha value is 0.325. The summed E-state index contributed by atoms with van der Waals surface area (Å²) in [6, 6.07) is 0. The second-order valence-corrected chi connectivity index (χ2v) is 4.81. The molecule has 0 aliphatic heterocycles. The van der Waals surface area contributed by atoms with E-state index in [1.807, 2.05) is 0 Å². The number of hydrogen-bond donors (Lipinski definition) is 0. The van der Waals surface area contributed by atoms with Gasteiger partial charge in [-0.3, -0.25) is 0 Å². The fourth-order valence-electron chi connectivity index (χ4n) is 1.88. The Morgan fingerprint density at radius 2 is 1.57 bits per heavy atom. The number of alkyl halides is 3. The van der Waals surface area contributed by atoms with Crippen molar-refractivity contribution in [3.05, 3.63) is 0 Å². The standard InChI is InChI=1S/C8H14BBrF2O2/c1-13-9(14-2)8-6(11)3-5(10)4-7(8)12/h5-8H,3-4H2,1-2H3. The molecule has 2 nitrogen and oxygen atoms in total. The first-order chi connectivity index (χ1) is 6.60. The van der Waals surface area contributed by atoms with Gasteiger partial charge >= 0.3 is 7.12 Å². The van der Waals surface area contributed by atoms with Crippen LogP contribution in [-0.2, 0) is 9.31 Å². The van der Waals surface area contributed by atoms with E-state index in [4.69, 9.17) is 9.31 Å². The molecule has 0 N–H and O–H groups in total. The molecular weight excluding hydrogens is 257 g/mol. The van der Waals surface area contributed by atoms with Crippen molar-refractivity contribution in [3.8, 4) is 0 Å². The summed E-state index contributed by atoms with van der Waals surface area (Å²) in [6.07, 6.45) is -1.80. The van der Waals surface area contributed by atoms with Gasteiger partial charge in [0.25, 0.3) is 0 Å². The second-order valence-electron chi connectivity index (χ2n) is 3.52. The minimum Gasteiger partial charge on any atom is -0.414 e. The number of hydrogen-bond acceptors (Lipinski definition) is 2. The van der Waals surface area contributed by atoms with Gasteiger partial charge in [0, 0.05) is 19.0 Å². The monoisotopic (exact) mass is 270 g/mol. The van der Waals surface area contributed by atoms with E-state index in [0.29, 0.717) is 12.8 Å². The molecule has 1 saturated carbocycles. The molecule has 0 aromatic rings. The molecular formula is C8H14BBrF2O2. The van der Waals surface area contributed by atoms with Crippen LogP contribution in [-0.4, -0.2) is 38.5 Å². The summed E-state index contributed by atoms with van der Waals surface area (Å²) in [5, 5.41) is 0. The lowest BCUT2D eigenvalue weighted by Gasteiger charge is -2.33. The van der Waals surface area contributed by atoms with Gasteiger partial charge in [0.15, 0.2) is 0 Å². The van der Waals surface area contributed by atoms with Gasteiger partial charge < -0.3 is 9.31 Å². The number of rotatable bonds is 3. The first kappa shape index (κ1) is 12.4. The van der Waals surface area contributed by atoms with Gasteiger partial charge in [0.2, 0.25) is 0 Å². The van der Waals surface area contributed by atoms with E-state index >= 15 is 0 Å². The highest BCUT2D eigenvalue weighted by molar-refractivity contribution is 9.09. The Labute approximate surface area is 91.6 Å². The molecule has 0 heterocycles. The predicted octanol–water partition coefficient (Wildman–Crippen LogP) is 2.37. The van der Waals surface area contributed by atoms with Crippen molar-refractivity contribution in [1.29, 1.82) is 0 Å². The van der Waals surface area contributed by atoms with Gasteiger partial charge in [-0.15, -0.1) is 0 Å². The van der Waals surface area contributed by atoms with Crippen molar-refractivity contribution in [2.75, 3.05) is 14.2 Å². The Bertz CT molecular complexity index is 171. The molecule has 2 unspecified atom stereocenters. The molecule has 0 spiro atoms. The molecule has 6 heteroatoms. The van der Waals surface area contributed by atoms with E-state index in [2.05, 4.69) is 15.9 Å². The van der Waals surface area contributed by atoms with Gasteiger partial charge in [0.1, 0.15) is 12.3 Å². The maximum absolute atomic E-state index is 13.5. The highest BCUT2D eigenvalue weighted by Crippen LogP contribution is 2.39. The number of halogens is 3. The lowest BCUT2D eigenvalue weighted by atomic mass is 9.62. The first-order valence-corrected chi connectivity index (χ1v) is 5.49. The molecule has 1 rings (SSSR count). The fourth-order valence-corrected chi connectivity index (χ4v) is 2.59. The van der Waals surface area contributed by atoms with E-state index < -0.39 is 25.3 Å². The summed E-state index contributed by atoms with van der Waals surface area (Å²) in [5.41, 5.74) is 0. The molecule has 1 fully saturated rings. The van der Waals surface area contributed by atoms with Gasteiger partial charge in [-0.05, 0) is 12.8 Å². The van der Waals surface area contributed by atoms with E-state index in [1.165, 1.54) is 14.2 Å². The van der Waals surface area contributed by atoms with Crippen molar-refractivity contribution in [2.24, 2.45) is 0 Å². The third-order valence-corrected chi connectivity index (χ3v) is 3.32. The highest BCUT2D eigenvalue weighted by atomic mass is 79.9. The maximum Gasteiger partial charge on any atom is 0.465 e. The lowest BCUT2D eigenvalue weighted by Crippen LogP contribution is -2.43. The normalized spacial score (nSPS) is 38.4.